The van der Waals surface area contributed by atoms with Crippen LogP contribution in [0.2, 0.25) is 10.0 Å². The van der Waals surface area contributed by atoms with E-state index in [-0.39, 0.29) is 11.6 Å². The van der Waals surface area contributed by atoms with E-state index in [0.717, 1.165) is 0 Å². The minimum absolute atomic E-state index is 0.340. The molecule has 5 heteroatoms. The summed E-state index contributed by atoms with van der Waals surface area (Å²) in [5, 5.41) is 0.727. The zero-order chi connectivity index (χ0) is 15.7. The fraction of sp³-hybridized carbons (Fsp3) is 0. The Bertz CT molecular complexity index is 749. The van der Waals surface area contributed by atoms with E-state index in [1.54, 1.807) is 30.3 Å². The highest BCUT2D eigenvalue weighted by molar-refractivity contribution is 6.37. The predicted molar refractivity (Wildman–Crippen MR) is 85.0 cm³/mol. The highest BCUT2D eigenvalue weighted by Gasteiger charge is 2.13. The van der Waals surface area contributed by atoms with E-state index in [1.165, 1.54) is 24.3 Å². The van der Waals surface area contributed by atoms with Gasteiger partial charge in [-0.1, -0.05) is 23.2 Å². The maximum absolute atomic E-state index is 13.0. The molecule has 1 aromatic heterocycles. The average molecular weight is 336 g/mol. The van der Waals surface area contributed by atoms with Gasteiger partial charge in [0.2, 0.25) is 0 Å². The minimum atomic E-state index is -0.340. The third-order valence-electron chi connectivity index (χ3n) is 3.16. The molecule has 110 valence electrons. The second-order valence-corrected chi connectivity index (χ2v) is 5.48. The Morgan fingerprint density at radius 3 is 1.36 bits per heavy atom. The minimum Gasteiger partial charge on any atom is -0.245 e. The number of nitrogens with zero attached hydrogens (tertiary/aromatic N) is 1. The van der Waals surface area contributed by atoms with Crippen molar-refractivity contribution in [3.8, 4) is 22.5 Å². The van der Waals surface area contributed by atoms with Gasteiger partial charge in [-0.2, -0.15) is 0 Å². The summed E-state index contributed by atoms with van der Waals surface area (Å²) in [6.07, 6.45) is 0. The lowest BCUT2D eigenvalue weighted by molar-refractivity contribution is 0.627. The summed E-state index contributed by atoms with van der Waals surface area (Å²) < 4.78 is 26.1. The molecule has 3 rings (SSSR count). The van der Waals surface area contributed by atoms with Gasteiger partial charge in [0.05, 0.1) is 21.4 Å². The molecule has 0 saturated heterocycles. The zero-order valence-corrected chi connectivity index (χ0v) is 12.7. The number of benzene rings is 2. The molecule has 0 amide bonds. The highest BCUT2D eigenvalue weighted by Crippen LogP contribution is 2.34. The third-order valence-corrected chi connectivity index (χ3v) is 3.74. The quantitative estimate of drug-likeness (QED) is 0.559. The van der Waals surface area contributed by atoms with E-state index >= 15 is 0 Å². The van der Waals surface area contributed by atoms with Crippen molar-refractivity contribution in [3.05, 3.63) is 76.3 Å². The van der Waals surface area contributed by atoms with Crippen LogP contribution in [0.4, 0.5) is 8.78 Å². The number of pyridine rings is 1. The normalized spacial score (nSPS) is 10.7. The number of hydrogen-bond donors (Lipinski definition) is 0. The lowest BCUT2D eigenvalue weighted by atomic mass is 10.1. The molecule has 22 heavy (non-hydrogen) atoms. The molecule has 0 spiro atoms. The van der Waals surface area contributed by atoms with Gasteiger partial charge in [0.25, 0.3) is 0 Å². The van der Waals surface area contributed by atoms with Crippen molar-refractivity contribution in [1.29, 1.82) is 0 Å². The number of hydrogen-bond acceptors (Lipinski definition) is 1. The summed E-state index contributed by atoms with van der Waals surface area (Å²) in [5.41, 5.74) is 2.33. The maximum Gasteiger partial charge on any atom is 0.123 e. The molecule has 0 fully saturated rings. The third kappa shape index (κ3) is 2.96. The lowest BCUT2D eigenvalue weighted by Gasteiger charge is -2.10. The topological polar surface area (TPSA) is 12.9 Å². The Kier molecular flexibility index (Phi) is 4.10. The van der Waals surface area contributed by atoms with Gasteiger partial charge < -0.3 is 0 Å². The molecule has 0 N–H and O–H groups in total. The van der Waals surface area contributed by atoms with Crippen molar-refractivity contribution in [1.82, 2.24) is 4.98 Å². The Morgan fingerprint density at radius 2 is 1.00 bits per heavy atom. The van der Waals surface area contributed by atoms with Crippen LogP contribution in [0.3, 0.4) is 0 Å². The number of aromatic nitrogens is 1. The molecule has 0 aliphatic carbocycles. The van der Waals surface area contributed by atoms with Crippen molar-refractivity contribution in [2.24, 2.45) is 0 Å². The fourth-order valence-electron chi connectivity index (χ4n) is 2.09. The first-order valence-electron chi connectivity index (χ1n) is 6.42. The van der Waals surface area contributed by atoms with Gasteiger partial charge in [-0.25, -0.2) is 13.8 Å². The van der Waals surface area contributed by atoms with Crippen LogP contribution in [0.5, 0.6) is 0 Å². The van der Waals surface area contributed by atoms with Gasteiger partial charge in [0.15, 0.2) is 0 Å². The van der Waals surface area contributed by atoms with E-state index in [0.29, 0.717) is 32.6 Å². The molecule has 1 heterocycles. The average Bonchev–Trinajstić information content (AvgIpc) is 2.50. The summed E-state index contributed by atoms with van der Waals surface area (Å²) in [5.74, 6) is -0.680. The molecule has 0 aliphatic heterocycles. The largest absolute Gasteiger partial charge is 0.245 e. The molecule has 1 nitrogen and oxygen atoms in total. The molecule has 0 unspecified atom stereocenters. The van der Waals surface area contributed by atoms with Crippen molar-refractivity contribution >= 4 is 23.2 Å². The first-order valence-corrected chi connectivity index (χ1v) is 7.18. The monoisotopic (exact) mass is 335 g/mol. The standard InChI is InChI=1S/C17H9Cl2F2N/c18-14-9-15(19)17(11-3-7-13(21)8-4-11)22-16(14)10-1-5-12(20)6-2-10/h1-9H. The van der Waals surface area contributed by atoms with Crippen molar-refractivity contribution < 1.29 is 8.78 Å². The number of rotatable bonds is 2. The summed E-state index contributed by atoms with van der Waals surface area (Å²) in [6.45, 7) is 0. The van der Waals surface area contributed by atoms with Crippen LogP contribution in [0.1, 0.15) is 0 Å². The zero-order valence-electron chi connectivity index (χ0n) is 11.2. The molecular formula is C17H9Cl2F2N. The van der Waals surface area contributed by atoms with Crippen molar-refractivity contribution in [3.63, 3.8) is 0 Å². The van der Waals surface area contributed by atoms with Gasteiger partial charge in [-0.3, -0.25) is 0 Å². The summed E-state index contributed by atoms with van der Waals surface area (Å²) in [6, 6.07) is 13.3. The van der Waals surface area contributed by atoms with Gasteiger partial charge in [0.1, 0.15) is 11.6 Å². The maximum atomic E-state index is 13.0. The second-order valence-electron chi connectivity index (χ2n) is 4.66. The van der Waals surface area contributed by atoms with E-state index < -0.39 is 0 Å². The molecule has 0 atom stereocenters. The van der Waals surface area contributed by atoms with Crippen molar-refractivity contribution in [2.75, 3.05) is 0 Å². The molecule has 3 aromatic rings. The van der Waals surface area contributed by atoms with Gasteiger partial charge >= 0.3 is 0 Å². The summed E-state index contributed by atoms with van der Waals surface area (Å²) in [4.78, 5) is 4.46. The fourth-order valence-corrected chi connectivity index (χ4v) is 2.66. The SMILES string of the molecule is Fc1ccc(-c2nc(-c3ccc(F)cc3)c(Cl)cc2Cl)cc1. The lowest BCUT2D eigenvalue weighted by Crippen LogP contribution is -1.92. The molecule has 0 aliphatic rings. The second kappa shape index (κ2) is 6.03. The summed E-state index contributed by atoms with van der Waals surface area (Å²) in [7, 11) is 0. The van der Waals surface area contributed by atoms with Crippen LogP contribution in [-0.2, 0) is 0 Å². The van der Waals surface area contributed by atoms with Crippen LogP contribution in [-0.4, -0.2) is 4.98 Å². The Labute approximate surface area is 136 Å². The van der Waals surface area contributed by atoms with Crippen molar-refractivity contribution in [2.45, 2.75) is 0 Å². The van der Waals surface area contributed by atoms with E-state index in [2.05, 4.69) is 4.98 Å². The highest BCUT2D eigenvalue weighted by atomic mass is 35.5. The Balaban J connectivity index is 2.14. The number of halogens is 4. The smallest absolute Gasteiger partial charge is 0.123 e. The van der Waals surface area contributed by atoms with Crippen LogP contribution in [0.25, 0.3) is 22.5 Å². The Morgan fingerprint density at radius 1 is 0.636 bits per heavy atom. The predicted octanol–water partition coefficient (Wildman–Crippen LogP) is 6.00. The molecule has 2 aromatic carbocycles. The molecular weight excluding hydrogens is 327 g/mol. The van der Waals surface area contributed by atoms with Gasteiger partial charge in [0, 0.05) is 11.1 Å². The van der Waals surface area contributed by atoms with E-state index in [9.17, 15) is 8.78 Å². The first kappa shape index (κ1) is 14.9. The van der Waals surface area contributed by atoms with Crippen LogP contribution in [0.15, 0.2) is 54.6 Å². The van der Waals surface area contributed by atoms with E-state index in [1.807, 2.05) is 0 Å². The summed E-state index contributed by atoms with van der Waals surface area (Å²) >= 11 is 12.4. The molecule has 0 radical (unpaired) electrons. The van der Waals surface area contributed by atoms with Gasteiger partial charge in [-0.05, 0) is 54.6 Å². The van der Waals surface area contributed by atoms with Crippen LogP contribution >= 0.6 is 23.2 Å². The van der Waals surface area contributed by atoms with Gasteiger partial charge in [-0.15, -0.1) is 0 Å². The van der Waals surface area contributed by atoms with E-state index in [4.69, 9.17) is 23.2 Å². The first-order chi connectivity index (χ1) is 10.5. The van der Waals surface area contributed by atoms with Crippen LogP contribution in [0, 0.1) is 11.6 Å². The molecule has 0 bridgehead atoms. The Hall–Kier alpha value is -1.97. The molecule has 0 saturated carbocycles. The van der Waals surface area contributed by atoms with Crippen LogP contribution < -0.4 is 0 Å².